The van der Waals surface area contributed by atoms with Crippen LogP contribution in [0.15, 0.2) is 18.5 Å². The van der Waals surface area contributed by atoms with E-state index in [4.69, 9.17) is 10.6 Å². The second-order valence-electron chi connectivity index (χ2n) is 3.70. The largest absolute Gasteiger partial charge is 0.495 e. The lowest BCUT2D eigenvalue weighted by Crippen LogP contribution is -2.29. The lowest BCUT2D eigenvalue weighted by atomic mass is 10.1. The number of ether oxygens (including phenoxy) is 1. The van der Waals surface area contributed by atoms with Crippen molar-refractivity contribution in [3.63, 3.8) is 0 Å². The molecule has 0 aliphatic rings. The summed E-state index contributed by atoms with van der Waals surface area (Å²) in [6, 6.07) is 1.74. The topological polar surface area (TPSA) is 86.0 Å². The Kier molecular flexibility index (Phi) is 4.19. The number of methoxy groups -OCH3 is 1. The molecule has 2 aromatic rings. The number of hydrogen-bond donors (Lipinski definition) is 2. The molecule has 96 valence electrons. The molecule has 3 N–H and O–H groups in total. The van der Waals surface area contributed by atoms with Gasteiger partial charge in [-0.25, -0.2) is 5.43 Å². The molecule has 0 amide bonds. The predicted octanol–water partition coefficient (Wildman–Crippen LogP) is 1.06. The summed E-state index contributed by atoms with van der Waals surface area (Å²) in [4.78, 5) is 5.14. The standard InChI is InChI=1S/C11H15N5OS/c1-3-9-11(18-16-15-9)10(14-12)7-4-8(17-2)6-13-5-7/h4-6,10,14H,3,12H2,1-2H3. The number of nitrogens with two attached hydrogens (primary N) is 1. The Bertz CT molecular complexity index is 516. The predicted molar refractivity (Wildman–Crippen MR) is 69.2 cm³/mol. The maximum Gasteiger partial charge on any atom is 0.137 e. The van der Waals surface area contributed by atoms with Gasteiger partial charge in [0.15, 0.2) is 0 Å². The molecule has 6 nitrogen and oxygen atoms in total. The molecule has 0 aliphatic carbocycles. The molecule has 2 rings (SSSR count). The van der Waals surface area contributed by atoms with Crippen LogP contribution in [0, 0.1) is 0 Å². The van der Waals surface area contributed by atoms with Crippen molar-refractivity contribution >= 4 is 11.5 Å². The Balaban J connectivity index is 2.38. The van der Waals surface area contributed by atoms with Gasteiger partial charge in [0.2, 0.25) is 0 Å². The maximum absolute atomic E-state index is 5.64. The van der Waals surface area contributed by atoms with Crippen molar-refractivity contribution in [3.05, 3.63) is 34.6 Å². The summed E-state index contributed by atoms with van der Waals surface area (Å²) in [6.45, 7) is 2.04. The SMILES string of the molecule is CCc1nnsc1C(NN)c1cncc(OC)c1. The Labute approximate surface area is 109 Å². The summed E-state index contributed by atoms with van der Waals surface area (Å²) < 4.78 is 9.14. The summed E-state index contributed by atoms with van der Waals surface area (Å²) in [5.41, 5.74) is 4.66. The Hall–Kier alpha value is -1.57. The van der Waals surface area contributed by atoms with Gasteiger partial charge in [0.1, 0.15) is 5.75 Å². The van der Waals surface area contributed by atoms with E-state index in [9.17, 15) is 0 Å². The normalized spacial score (nSPS) is 12.4. The van der Waals surface area contributed by atoms with Crippen LogP contribution in [0.1, 0.15) is 29.1 Å². The zero-order chi connectivity index (χ0) is 13.0. The van der Waals surface area contributed by atoms with Crippen molar-refractivity contribution < 1.29 is 4.74 Å². The number of hydrazine groups is 1. The molecule has 0 bridgehead atoms. The van der Waals surface area contributed by atoms with Crippen LogP contribution in [-0.4, -0.2) is 21.7 Å². The smallest absolute Gasteiger partial charge is 0.137 e. The molecule has 0 fully saturated rings. The molecule has 0 saturated heterocycles. The number of hydrogen-bond acceptors (Lipinski definition) is 7. The van der Waals surface area contributed by atoms with Gasteiger partial charge in [0, 0.05) is 6.20 Å². The van der Waals surface area contributed by atoms with Crippen LogP contribution in [0.25, 0.3) is 0 Å². The lowest BCUT2D eigenvalue weighted by Gasteiger charge is -2.15. The van der Waals surface area contributed by atoms with Gasteiger partial charge in [-0.3, -0.25) is 10.8 Å². The van der Waals surface area contributed by atoms with E-state index < -0.39 is 0 Å². The highest BCUT2D eigenvalue weighted by Crippen LogP contribution is 2.27. The molecule has 0 radical (unpaired) electrons. The van der Waals surface area contributed by atoms with Gasteiger partial charge < -0.3 is 4.74 Å². The number of pyridine rings is 1. The Morgan fingerprint density at radius 2 is 2.33 bits per heavy atom. The van der Waals surface area contributed by atoms with Crippen LogP contribution in [0.3, 0.4) is 0 Å². The summed E-state index contributed by atoms with van der Waals surface area (Å²) in [5, 5.41) is 4.09. The molecule has 18 heavy (non-hydrogen) atoms. The average Bonchev–Trinajstić information content (AvgIpc) is 2.88. The third kappa shape index (κ3) is 2.47. The average molecular weight is 265 g/mol. The summed E-state index contributed by atoms with van der Waals surface area (Å²) in [7, 11) is 1.61. The van der Waals surface area contributed by atoms with Crippen LogP contribution in [0.4, 0.5) is 0 Å². The third-order valence-electron chi connectivity index (χ3n) is 2.65. The summed E-state index contributed by atoms with van der Waals surface area (Å²) >= 11 is 1.34. The van der Waals surface area contributed by atoms with Crippen LogP contribution in [-0.2, 0) is 6.42 Å². The lowest BCUT2D eigenvalue weighted by molar-refractivity contribution is 0.411. The van der Waals surface area contributed by atoms with E-state index in [-0.39, 0.29) is 6.04 Å². The van der Waals surface area contributed by atoms with Crippen LogP contribution >= 0.6 is 11.5 Å². The third-order valence-corrected chi connectivity index (χ3v) is 3.48. The van der Waals surface area contributed by atoms with Gasteiger partial charge in [-0.05, 0) is 29.6 Å². The molecule has 0 spiro atoms. The van der Waals surface area contributed by atoms with Crippen molar-refractivity contribution in [2.24, 2.45) is 5.84 Å². The zero-order valence-electron chi connectivity index (χ0n) is 10.3. The van der Waals surface area contributed by atoms with Crippen molar-refractivity contribution in [2.45, 2.75) is 19.4 Å². The van der Waals surface area contributed by atoms with Gasteiger partial charge >= 0.3 is 0 Å². The van der Waals surface area contributed by atoms with Crippen molar-refractivity contribution in [1.29, 1.82) is 0 Å². The van der Waals surface area contributed by atoms with Gasteiger partial charge in [0.05, 0.1) is 29.9 Å². The molecular weight excluding hydrogens is 250 g/mol. The van der Waals surface area contributed by atoms with E-state index in [1.54, 1.807) is 19.5 Å². The highest BCUT2D eigenvalue weighted by molar-refractivity contribution is 7.05. The minimum Gasteiger partial charge on any atom is -0.495 e. The molecule has 0 aliphatic heterocycles. The number of nitrogens with one attached hydrogen (secondary N) is 1. The molecule has 2 aromatic heterocycles. The van der Waals surface area contributed by atoms with E-state index in [1.165, 1.54) is 11.5 Å². The zero-order valence-corrected chi connectivity index (χ0v) is 11.1. The van der Waals surface area contributed by atoms with Gasteiger partial charge in [-0.15, -0.1) is 5.10 Å². The first kappa shape index (κ1) is 12.9. The van der Waals surface area contributed by atoms with Gasteiger partial charge in [-0.1, -0.05) is 11.4 Å². The first-order valence-corrected chi connectivity index (χ1v) is 6.33. The number of rotatable bonds is 5. The van der Waals surface area contributed by atoms with Crippen molar-refractivity contribution in [2.75, 3.05) is 7.11 Å². The van der Waals surface area contributed by atoms with Gasteiger partial charge in [0.25, 0.3) is 0 Å². The fraction of sp³-hybridized carbons (Fsp3) is 0.364. The monoisotopic (exact) mass is 265 g/mol. The van der Waals surface area contributed by atoms with Crippen molar-refractivity contribution in [3.8, 4) is 5.75 Å². The van der Waals surface area contributed by atoms with Crippen LogP contribution < -0.4 is 16.0 Å². The molecule has 1 unspecified atom stereocenters. The Morgan fingerprint density at radius 1 is 1.50 bits per heavy atom. The molecule has 0 saturated carbocycles. The molecule has 7 heteroatoms. The molecule has 0 aromatic carbocycles. The van der Waals surface area contributed by atoms with Crippen LogP contribution in [0.2, 0.25) is 0 Å². The second kappa shape index (κ2) is 5.85. The van der Waals surface area contributed by atoms with E-state index >= 15 is 0 Å². The quantitative estimate of drug-likeness (QED) is 0.621. The van der Waals surface area contributed by atoms with E-state index in [0.29, 0.717) is 5.75 Å². The fourth-order valence-electron chi connectivity index (χ4n) is 1.71. The minimum absolute atomic E-state index is 0.164. The number of aromatic nitrogens is 3. The van der Waals surface area contributed by atoms with Gasteiger partial charge in [-0.2, -0.15) is 0 Å². The second-order valence-corrected chi connectivity index (χ2v) is 4.48. The summed E-state index contributed by atoms with van der Waals surface area (Å²) in [6.07, 6.45) is 4.23. The van der Waals surface area contributed by atoms with E-state index in [0.717, 1.165) is 22.6 Å². The first-order chi connectivity index (χ1) is 8.80. The Morgan fingerprint density at radius 3 is 3.00 bits per heavy atom. The number of aryl methyl sites for hydroxylation is 1. The summed E-state index contributed by atoms with van der Waals surface area (Å²) in [5.74, 6) is 6.34. The van der Waals surface area contributed by atoms with Crippen LogP contribution in [0.5, 0.6) is 5.75 Å². The first-order valence-electron chi connectivity index (χ1n) is 5.56. The minimum atomic E-state index is -0.164. The van der Waals surface area contributed by atoms with E-state index in [1.807, 2.05) is 13.0 Å². The fourth-order valence-corrected chi connectivity index (χ4v) is 2.54. The highest BCUT2D eigenvalue weighted by Gasteiger charge is 2.20. The van der Waals surface area contributed by atoms with Crippen molar-refractivity contribution in [1.82, 2.24) is 20.0 Å². The number of nitrogens with zero attached hydrogens (tertiary/aromatic N) is 3. The molecular formula is C11H15N5OS. The molecule has 2 heterocycles. The maximum atomic E-state index is 5.64. The molecule has 1 atom stereocenters. The highest BCUT2D eigenvalue weighted by atomic mass is 32.1. The van der Waals surface area contributed by atoms with E-state index in [2.05, 4.69) is 20.0 Å².